The number of thioether (sulfide) groups is 1. The average molecular weight is 350 g/mol. The Morgan fingerprint density at radius 1 is 1.09 bits per heavy atom. The van der Waals surface area contributed by atoms with Crippen LogP contribution in [0.5, 0.6) is 0 Å². The predicted octanol–water partition coefficient (Wildman–Crippen LogP) is 3.59. The van der Waals surface area contributed by atoms with Crippen molar-refractivity contribution in [2.24, 2.45) is 5.73 Å². The Balaban J connectivity index is 2.03. The summed E-state index contributed by atoms with van der Waals surface area (Å²) in [4.78, 5) is 24.7. The van der Waals surface area contributed by atoms with E-state index in [0.29, 0.717) is 10.6 Å². The molecule has 0 unspecified atom stereocenters. The van der Waals surface area contributed by atoms with Gasteiger partial charge >= 0.3 is 5.97 Å². The molecule has 0 fully saturated rings. The zero-order valence-electron chi connectivity index (χ0n) is 12.4. The molecule has 2 N–H and O–H groups in total. The highest BCUT2D eigenvalue weighted by Crippen LogP contribution is 2.27. The van der Waals surface area contributed by atoms with Crippen molar-refractivity contribution in [3.05, 3.63) is 65.2 Å². The Hall–Kier alpha value is -1.98. The number of nitrogens with two attached hydrogens (primary N) is 1. The van der Waals surface area contributed by atoms with Crippen LogP contribution in [0.25, 0.3) is 0 Å². The lowest BCUT2D eigenvalue weighted by atomic mass is 10.1. The molecule has 0 saturated heterocycles. The number of carbonyl (C=O) groups is 2. The first-order valence-electron chi connectivity index (χ1n) is 6.94. The molecule has 0 aliphatic carbocycles. The predicted molar refractivity (Wildman–Crippen MR) is 91.2 cm³/mol. The molecule has 0 aliphatic heterocycles. The van der Waals surface area contributed by atoms with Crippen LogP contribution in [0.15, 0.2) is 59.5 Å². The highest BCUT2D eigenvalue weighted by Gasteiger charge is 2.25. The zero-order valence-corrected chi connectivity index (χ0v) is 14.0. The molecule has 0 saturated carbocycles. The van der Waals surface area contributed by atoms with Gasteiger partial charge in [0.25, 0.3) is 5.91 Å². The lowest BCUT2D eigenvalue weighted by Crippen LogP contribution is -2.29. The van der Waals surface area contributed by atoms with Gasteiger partial charge in [0, 0.05) is 15.5 Å². The van der Waals surface area contributed by atoms with Gasteiger partial charge in [-0.2, -0.15) is 0 Å². The van der Waals surface area contributed by atoms with Crippen molar-refractivity contribution in [3.63, 3.8) is 0 Å². The molecule has 1 amide bonds. The number of esters is 1. The van der Waals surface area contributed by atoms with Gasteiger partial charge < -0.3 is 10.5 Å². The second kappa shape index (κ2) is 8.04. The van der Waals surface area contributed by atoms with Crippen molar-refractivity contribution in [3.8, 4) is 0 Å². The Morgan fingerprint density at radius 3 is 2.26 bits per heavy atom. The van der Waals surface area contributed by atoms with E-state index in [9.17, 15) is 9.59 Å². The monoisotopic (exact) mass is 349 g/mol. The standard InChI is InChI=1S/C17H16ClNO3S/c1-11(23-14-9-7-13(18)8-10-14)17(21)22-15(16(19)20)12-5-3-2-4-6-12/h2-11,15H,1H3,(H2,19,20)/t11-,15+/m0/s1. The molecule has 120 valence electrons. The average Bonchev–Trinajstić information content (AvgIpc) is 2.55. The van der Waals surface area contributed by atoms with E-state index in [1.165, 1.54) is 11.8 Å². The third-order valence-electron chi connectivity index (χ3n) is 3.05. The number of amides is 1. The van der Waals surface area contributed by atoms with E-state index >= 15 is 0 Å². The molecule has 2 atom stereocenters. The maximum atomic E-state index is 12.2. The molecule has 0 radical (unpaired) electrons. The fourth-order valence-electron chi connectivity index (χ4n) is 1.90. The van der Waals surface area contributed by atoms with Crippen molar-refractivity contribution >= 4 is 35.2 Å². The number of hydrogen-bond acceptors (Lipinski definition) is 4. The van der Waals surface area contributed by atoms with Crippen LogP contribution in [-0.2, 0) is 14.3 Å². The van der Waals surface area contributed by atoms with E-state index in [-0.39, 0.29) is 0 Å². The molecule has 4 nitrogen and oxygen atoms in total. The molecule has 2 aromatic carbocycles. The molecule has 0 heterocycles. The molecule has 0 aliphatic rings. The number of primary amides is 1. The Kier molecular flexibility index (Phi) is 6.07. The van der Waals surface area contributed by atoms with Crippen molar-refractivity contribution in [1.82, 2.24) is 0 Å². The first kappa shape index (κ1) is 17.4. The van der Waals surface area contributed by atoms with Crippen LogP contribution in [0.1, 0.15) is 18.6 Å². The summed E-state index contributed by atoms with van der Waals surface area (Å²) in [7, 11) is 0. The Labute approximate surface area is 144 Å². The number of ether oxygens (including phenoxy) is 1. The smallest absolute Gasteiger partial charge is 0.320 e. The second-order valence-electron chi connectivity index (χ2n) is 4.84. The summed E-state index contributed by atoms with van der Waals surface area (Å²) >= 11 is 7.15. The summed E-state index contributed by atoms with van der Waals surface area (Å²) in [5.74, 6) is -1.20. The van der Waals surface area contributed by atoms with E-state index in [0.717, 1.165) is 4.90 Å². The van der Waals surface area contributed by atoms with Gasteiger partial charge in [-0.25, -0.2) is 0 Å². The lowest BCUT2D eigenvalue weighted by Gasteiger charge is -2.18. The van der Waals surface area contributed by atoms with Crippen molar-refractivity contribution < 1.29 is 14.3 Å². The fourth-order valence-corrected chi connectivity index (χ4v) is 2.87. The number of hydrogen-bond donors (Lipinski definition) is 1. The second-order valence-corrected chi connectivity index (χ2v) is 6.69. The van der Waals surface area contributed by atoms with Crippen LogP contribution < -0.4 is 5.73 Å². The van der Waals surface area contributed by atoms with Gasteiger partial charge in [0.2, 0.25) is 6.10 Å². The van der Waals surface area contributed by atoms with Crippen LogP contribution in [0, 0.1) is 0 Å². The summed E-state index contributed by atoms with van der Waals surface area (Å²) in [6.07, 6.45) is -1.09. The van der Waals surface area contributed by atoms with Gasteiger partial charge in [-0.1, -0.05) is 41.9 Å². The quantitative estimate of drug-likeness (QED) is 0.639. The Morgan fingerprint density at radius 2 is 1.70 bits per heavy atom. The van der Waals surface area contributed by atoms with Gasteiger partial charge in [0.1, 0.15) is 5.25 Å². The fraction of sp³-hybridized carbons (Fsp3) is 0.176. The SMILES string of the molecule is C[C@H](Sc1ccc(Cl)cc1)C(=O)O[C@@H](C(N)=O)c1ccccc1. The van der Waals surface area contributed by atoms with Crippen LogP contribution in [0.4, 0.5) is 0 Å². The zero-order chi connectivity index (χ0) is 16.8. The summed E-state index contributed by atoms with van der Waals surface area (Å²) in [5.41, 5.74) is 5.90. The third kappa shape index (κ3) is 5.01. The van der Waals surface area contributed by atoms with Crippen molar-refractivity contribution in [2.75, 3.05) is 0 Å². The van der Waals surface area contributed by atoms with Crippen molar-refractivity contribution in [1.29, 1.82) is 0 Å². The highest BCUT2D eigenvalue weighted by atomic mass is 35.5. The Bertz CT molecular complexity index is 676. The molecule has 23 heavy (non-hydrogen) atoms. The van der Waals surface area contributed by atoms with Crippen LogP contribution in [-0.4, -0.2) is 17.1 Å². The van der Waals surface area contributed by atoms with Gasteiger partial charge in [0.05, 0.1) is 0 Å². The molecule has 0 spiro atoms. The lowest BCUT2D eigenvalue weighted by molar-refractivity contribution is -0.154. The van der Waals surface area contributed by atoms with Crippen LogP contribution in [0.2, 0.25) is 5.02 Å². The van der Waals surface area contributed by atoms with Gasteiger partial charge in [-0.3, -0.25) is 9.59 Å². The van der Waals surface area contributed by atoms with E-state index in [4.69, 9.17) is 22.1 Å². The highest BCUT2D eigenvalue weighted by molar-refractivity contribution is 8.00. The first-order valence-corrected chi connectivity index (χ1v) is 8.20. The first-order chi connectivity index (χ1) is 11.0. The summed E-state index contributed by atoms with van der Waals surface area (Å²) < 4.78 is 5.30. The summed E-state index contributed by atoms with van der Waals surface area (Å²) in [5, 5.41) is 0.143. The molecule has 2 aromatic rings. The van der Waals surface area contributed by atoms with E-state index in [2.05, 4.69) is 0 Å². The number of benzene rings is 2. The molecular formula is C17H16ClNO3S. The molecule has 2 rings (SSSR count). The van der Waals surface area contributed by atoms with E-state index in [1.54, 1.807) is 43.3 Å². The minimum atomic E-state index is -1.09. The van der Waals surface area contributed by atoms with Gasteiger partial charge in [-0.05, 0) is 31.2 Å². The minimum Gasteiger partial charge on any atom is -0.446 e. The van der Waals surface area contributed by atoms with E-state index < -0.39 is 23.2 Å². The number of carbonyl (C=O) groups excluding carboxylic acids is 2. The van der Waals surface area contributed by atoms with Crippen LogP contribution in [0.3, 0.4) is 0 Å². The number of halogens is 1. The maximum absolute atomic E-state index is 12.2. The molecular weight excluding hydrogens is 334 g/mol. The maximum Gasteiger partial charge on any atom is 0.320 e. The normalized spacial score (nSPS) is 13.1. The van der Waals surface area contributed by atoms with Gasteiger partial charge in [-0.15, -0.1) is 11.8 Å². The molecule has 0 bridgehead atoms. The number of rotatable bonds is 6. The molecule has 6 heteroatoms. The van der Waals surface area contributed by atoms with Gasteiger partial charge in [0.15, 0.2) is 0 Å². The topological polar surface area (TPSA) is 69.4 Å². The third-order valence-corrected chi connectivity index (χ3v) is 4.40. The summed E-state index contributed by atoms with van der Waals surface area (Å²) in [6.45, 7) is 1.71. The van der Waals surface area contributed by atoms with Crippen molar-refractivity contribution in [2.45, 2.75) is 23.2 Å². The van der Waals surface area contributed by atoms with Crippen LogP contribution >= 0.6 is 23.4 Å². The summed E-state index contributed by atoms with van der Waals surface area (Å²) in [6, 6.07) is 15.8. The van der Waals surface area contributed by atoms with E-state index in [1.807, 2.05) is 18.2 Å². The minimum absolute atomic E-state index is 0.485. The molecule has 0 aromatic heterocycles. The largest absolute Gasteiger partial charge is 0.446 e.